The summed E-state index contributed by atoms with van der Waals surface area (Å²) in [7, 11) is 0.593. The summed E-state index contributed by atoms with van der Waals surface area (Å²) in [6.45, 7) is 0. The van der Waals surface area contributed by atoms with Gasteiger partial charge in [-0.15, -0.1) is 0 Å². The zero-order valence-corrected chi connectivity index (χ0v) is 12.3. The third kappa shape index (κ3) is 3.80. The molecule has 3 nitrogen and oxygen atoms in total. The van der Waals surface area contributed by atoms with Gasteiger partial charge in [0.2, 0.25) is 0 Å². The fourth-order valence-electron chi connectivity index (χ4n) is 2.65. The molecule has 0 radical (unpaired) electrons. The summed E-state index contributed by atoms with van der Waals surface area (Å²) < 4.78 is 17.9. The molecule has 1 aromatic carbocycles. The summed E-state index contributed by atoms with van der Waals surface area (Å²) in [6.07, 6.45) is 6.73. The molecule has 3 unspecified atom stereocenters. The van der Waals surface area contributed by atoms with E-state index in [-0.39, 0.29) is 11.3 Å². The molecule has 0 aromatic heterocycles. The van der Waals surface area contributed by atoms with E-state index in [1.165, 1.54) is 12.8 Å². The van der Waals surface area contributed by atoms with Gasteiger partial charge in [0.25, 0.3) is 0 Å². The molecule has 1 aliphatic carbocycles. The molecule has 1 saturated carbocycles. The Morgan fingerprint density at radius 2 is 1.95 bits per heavy atom. The molecule has 4 heteroatoms. The minimum absolute atomic E-state index is 0.0485. The quantitative estimate of drug-likeness (QED) is 0.927. The first-order chi connectivity index (χ1) is 9.22. The van der Waals surface area contributed by atoms with Crippen molar-refractivity contribution in [2.24, 2.45) is 5.73 Å². The Labute approximate surface area is 118 Å². The maximum absolute atomic E-state index is 12.7. The second-order valence-electron chi connectivity index (χ2n) is 5.17. The predicted molar refractivity (Wildman–Crippen MR) is 78.9 cm³/mol. The molecule has 1 fully saturated rings. The second-order valence-corrected chi connectivity index (χ2v) is 6.84. The Hall–Kier alpha value is -0.870. The van der Waals surface area contributed by atoms with E-state index < -0.39 is 10.8 Å². The second kappa shape index (κ2) is 7.06. The van der Waals surface area contributed by atoms with Gasteiger partial charge in [-0.3, -0.25) is 4.21 Å². The zero-order valence-electron chi connectivity index (χ0n) is 11.5. The molecule has 106 valence electrons. The molecular formula is C15H23NO2S. The van der Waals surface area contributed by atoms with Crippen molar-refractivity contribution in [2.75, 3.05) is 7.11 Å². The molecule has 0 bridgehead atoms. The van der Waals surface area contributed by atoms with E-state index in [0.717, 1.165) is 36.3 Å². The third-order valence-electron chi connectivity index (χ3n) is 3.80. The van der Waals surface area contributed by atoms with Gasteiger partial charge in [-0.2, -0.15) is 0 Å². The lowest BCUT2D eigenvalue weighted by molar-refractivity contribution is 0.413. The van der Waals surface area contributed by atoms with Crippen LogP contribution in [0.3, 0.4) is 0 Å². The SMILES string of the molecule is COc1cccc(S(=O)C2CCCCCCC2N)c1. The maximum Gasteiger partial charge on any atom is 0.120 e. The lowest BCUT2D eigenvalue weighted by atomic mass is 9.97. The number of hydrogen-bond acceptors (Lipinski definition) is 3. The van der Waals surface area contributed by atoms with Crippen molar-refractivity contribution in [3.8, 4) is 5.75 Å². The van der Waals surface area contributed by atoms with Crippen LogP contribution in [0.25, 0.3) is 0 Å². The molecular weight excluding hydrogens is 258 g/mol. The highest BCUT2D eigenvalue weighted by atomic mass is 32.2. The average Bonchev–Trinajstić information content (AvgIpc) is 2.43. The lowest BCUT2D eigenvalue weighted by Crippen LogP contribution is -2.38. The highest BCUT2D eigenvalue weighted by Gasteiger charge is 2.26. The van der Waals surface area contributed by atoms with Gasteiger partial charge in [-0.05, 0) is 31.0 Å². The van der Waals surface area contributed by atoms with Crippen molar-refractivity contribution in [1.82, 2.24) is 0 Å². The average molecular weight is 281 g/mol. The first-order valence-corrected chi connectivity index (χ1v) is 8.24. The van der Waals surface area contributed by atoms with Crippen LogP contribution in [0.1, 0.15) is 38.5 Å². The zero-order chi connectivity index (χ0) is 13.7. The van der Waals surface area contributed by atoms with Gasteiger partial charge >= 0.3 is 0 Å². The van der Waals surface area contributed by atoms with Gasteiger partial charge in [0.05, 0.1) is 23.2 Å². The van der Waals surface area contributed by atoms with Crippen LogP contribution in [0.5, 0.6) is 5.75 Å². The van der Waals surface area contributed by atoms with Crippen molar-refractivity contribution in [1.29, 1.82) is 0 Å². The van der Waals surface area contributed by atoms with E-state index >= 15 is 0 Å². The van der Waals surface area contributed by atoms with Gasteiger partial charge in [-0.25, -0.2) is 0 Å². The van der Waals surface area contributed by atoms with E-state index in [0.29, 0.717) is 0 Å². The minimum atomic E-state index is -1.04. The molecule has 0 saturated heterocycles. The van der Waals surface area contributed by atoms with Gasteiger partial charge in [0.1, 0.15) is 5.75 Å². The fourth-order valence-corrected chi connectivity index (χ4v) is 4.27. The molecule has 3 atom stereocenters. The maximum atomic E-state index is 12.7. The number of rotatable bonds is 3. The van der Waals surface area contributed by atoms with Gasteiger partial charge in [0.15, 0.2) is 0 Å². The minimum Gasteiger partial charge on any atom is -0.497 e. The molecule has 19 heavy (non-hydrogen) atoms. The molecule has 1 aliphatic rings. The highest BCUT2D eigenvalue weighted by Crippen LogP contribution is 2.25. The Morgan fingerprint density at radius 1 is 1.21 bits per heavy atom. The summed E-state index contributed by atoms with van der Waals surface area (Å²) in [5.41, 5.74) is 6.23. The van der Waals surface area contributed by atoms with Crippen molar-refractivity contribution in [3.63, 3.8) is 0 Å². The summed E-state index contributed by atoms with van der Waals surface area (Å²) >= 11 is 0. The van der Waals surface area contributed by atoms with E-state index in [9.17, 15) is 4.21 Å². The van der Waals surface area contributed by atoms with Gasteiger partial charge < -0.3 is 10.5 Å². The molecule has 0 amide bonds. The summed E-state index contributed by atoms with van der Waals surface area (Å²) in [5.74, 6) is 0.755. The summed E-state index contributed by atoms with van der Waals surface area (Å²) in [4.78, 5) is 0.834. The van der Waals surface area contributed by atoms with Crippen molar-refractivity contribution < 1.29 is 8.95 Å². The third-order valence-corrected chi connectivity index (χ3v) is 5.66. The molecule has 0 aliphatic heterocycles. The van der Waals surface area contributed by atoms with Gasteiger partial charge in [-0.1, -0.05) is 31.7 Å². The normalized spacial score (nSPS) is 26.2. The Balaban J connectivity index is 2.15. The van der Waals surface area contributed by atoms with Crippen LogP contribution in [0.2, 0.25) is 0 Å². The van der Waals surface area contributed by atoms with Crippen molar-refractivity contribution in [2.45, 2.75) is 54.7 Å². The van der Waals surface area contributed by atoms with E-state index in [4.69, 9.17) is 10.5 Å². The van der Waals surface area contributed by atoms with Crippen LogP contribution in [-0.2, 0) is 10.8 Å². The number of methoxy groups -OCH3 is 1. The first kappa shape index (κ1) is 14.5. The Morgan fingerprint density at radius 3 is 2.68 bits per heavy atom. The molecule has 2 rings (SSSR count). The van der Waals surface area contributed by atoms with Crippen LogP contribution < -0.4 is 10.5 Å². The van der Waals surface area contributed by atoms with Crippen molar-refractivity contribution >= 4 is 10.8 Å². The summed E-state index contributed by atoms with van der Waals surface area (Å²) in [5, 5.41) is 0.0763. The van der Waals surface area contributed by atoms with Crippen molar-refractivity contribution in [3.05, 3.63) is 24.3 Å². The number of benzene rings is 1. The summed E-state index contributed by atoms with van der Waals surface area (Å²) in [6, 6.07) is 7.58. The lowest BCUT2D eigenvalue weighted by Gasteiger charge is -2.25. The molecule has 0 heterocycles. The standard InChI is InChI=1S/C15H23NO2S/c1-18-12-7-6-8-13(11-12)19(17)15-10-5-3-2-4-9-14(15)16/h6-8,11,14-15H,2-5,9-10,16H2,1H3. The van der Waals surface area contributed by atoms with Crippen LogP contribution in [-0.4, -0.2) is 22.6 Å². The monoisotopic (exact) mass is 281 g/mol. The fraction of sp³-hybridized carbons (Fsp3) is 0.600. The number of nitrogens with two attached hydrogens (primary N) is 1. The number of hydrogen-bond donors (Lipinski definition) is 1. The number of ether oxygens (including phenoxy) is 1. The predicted octanol–water partition coefficient (Wildman–Crippen LogP) is 2.85. The topological polar surface area (TPSA) is 52.3 Å². The molecule has 0 spiro atoms. The van der Waals surface area contributed by atoms with Crippen LogP contribution in [0.4, 0.5) is 0 Å². The Bertz CT molecular complexity index is 436. The highest BCUT2D eigenvalue weighted by molar-refractivity contribution is 7.85. The largest absolute Gasteiger partial charge is 0.497 e. The Kier molecular flexibility index (Phi) is 5.40. The van der Waals surface area contributed by atoms with Gasteiger partial charge in [0, 0.05) is 10.9 Å². The van der Waals surface area contributed by atoms with E-state index in [1.54, 1.807) is 7.11 Å². The van der Waals surface area contributed by atoms with Crippen LogP contribution >= 0.6 is 0 Å². The van der Waals surface area contributed by atoms with E-state index in [1.807, 2.05) is 24.3 Å². The molecule has 1 aromatic rings. The molecule has 2 N–H and O–H groups in total. The smallest absolute Gasteiger partial charge is 0.120 e. The van der Waals surface area contributed by atoms with Crippen LogP contribution in [0.15, 0.2) is 29.2 Å². The van der Waals surface area contributed by atoms with E-state index in [2.05, 4.69) is 0 Å². The first-order valence-electron chi connectivity index (χ1n) is 7.02. The van der Waals surface area contributed by atoms with Crippen LogP contribution in [0, 0.1) is 0 Å².